The predicted molar refractivity (Wildman–Crippen MR) is 114 cm³/mol. The molecule has 6 nitrogen and oxygen atoms in total. The Morgan fingerprint density at radius 2 is 1.92 bits per heavy atom. The molecule has 0 saturated carbocycles. The zero-order valence-electron chi connectivity index (χ0n) is 15.8. The average molecular weight is 472 g/mol. The van der Waals surface area contributed by atoms with E-state index in [1.807, 2.05) is 39.6 Å². The second-order valence-corrected chi connectivity index (χ2v) is 9.09. The average Bonchev–Trinajstić information content (AvgIpc) is 2.39. The van der Waals surface area contributed by atoms with Crippen LogP contribution in [0.2, 0.25) is 0 Å². The van der Waals surface area contributed by atoms with Gasteiger partial charge in [-0.2, -0.15) is 11.8 Å². The Morgan fingerprint density at radius 3 is 2.46 bits per heavy atom. The predicted octanol–water partition coefficient (Wildman–Crippen LogP) is 2.92. The molecule has 0 aliphatic carbocycles. The van der Waals surface area contributed by atoms with Gasteiger partial charge in [-0.1, -0.05) is 0 Å². The smallest absolute Gasteiger partial charge is 0.407 e. The van der Waals surface area contributed by atoms with Crippen molar-refractivity contribution in [2.24, 2.45) is 4.99 Å². The molecular formula is C16H33IN4O2S. The molecule has 1 fully saturated rings. The van der Waals surface area contributed by atoms with E-state index in [1.165, 1.54) is 0 Å². The highest BCUT2D eigenvalue weighted by atomic mass is 127. The number of halogens is 1. The van der Waals surface area contributed by atoms with E-state index in [2.05, 4.69) is 34.4 Å². The van der Waals surface area contributed by atoms with Gasteiger partial charge in [-0.3, -0.25) is 4.99 Å². The van der Waals surface area contributed by atoms with Gasteiger partial charge in [0.1, 0.15) is 5.60 Å². The molecule has 142 valence electrons. The van der Waals surface area contributed by atoms with Gasteiger partial charge in [-0.25, -0.2) is 4.79 Å². The van der Waals surface area contributed by atoms with E-state index >= 15 is 0 Å². The molecule has 0 aromatic heterocycles. The van der Waals surface area contributed by atoms with E-state index in [1.54, 1.807) is 0 Å². The number of alkyl carbamates (subject to hydrolysis) is 1. The van der Waals surface area contributed by atoms with Crippen LogP contribution in [0.25, 0.3) is 0 Å². The molecule has 1 heterocycles. The third-order valence-corrected chi connectivity index (χ3v) is 4.54. The maximum Gasteiger partial charge on any atom is 0.407 e. The molecule has 1 rings (SSSR count). The summed E-state index contributed by atoms with van der Waals surface area (Å²) in [6.45, 7) is 13.5. The van der Waals surface area contributed by atoms with Crippen LogP contribution in [0, 0.1) is 0 Å². The van der Waals surface area contributed by atoms with Gasteiger partial charge in [-0.05, 0) is 41.0 Å². The van der Waals surface area contributed by atoms with E-state index in [0.717, 1.165) is 37.8 Å². The third kappa shape index (κ3) is 9.80. The molecule has 1 aliphatic rings. The molecule has 0 unspecified atom stereocenters. The van der Waals surface area contributed by atoms with Crippen LogP contribution in [0.4, 0.5) is 4.79 Å². The first-order valence-corrected chi connectivity index (χ1v) is 9.18. The van der Waals surface area contributed by atoms with Crippen LogP contribution in [0.1, 0.15) is 41.0 Å². The summed E-state index contributed by atoms with van der Waals surface area (Å²) in [6, 6.07) is 0. The number of rotatable bonds is 4. The highest BCUT2D eigenvalue weighted by Crippen LogP contribution is 2.29. The van der Waals surface area contributed by atoms with Crippen molar-refractivity contribution in [2.45, 2.75) is 51.4 Å². The van der Waals surface area contributed by atoms with Crippen molar-refractivity contribution in [2.75, 3.05) is 39.0 Å². The third-order valence-electron chi connectivity index (χ3n) is 3.24. The Bertz CT molecular complexity index is 425. The first-order chi connectivity index (χ1) is 10.6. The number of nitrogens with one attached hydrogen (secondary N) is 2. The van der Waals surface area contributed by atoms with Gasteiger partial charge in [0, 0.05) is 43.7 Å². The first kappa shape index (κ1) is 23.6. The zero-order chi connectivity index (χ0) is 17.5. The van der Waals surface area contributed by atoms with Gasteiger partial charge in [0.15, 0.2) is 5.96 Å². The van der Waals surface area contributed by atoms with Gasteiger partial charge < -0.3 is 20.3 Å². The van der Waals surface area contributed by atoms with Crippen molar-refractivity contribution in [3.63, 3.8) is 0 Å². The standard InChI is InChI=1S/C16H32N4O2S.HI/c1-15(2,3)22-14(21)19-9-7-8-18-13(17-6)20-10-11-23-16(4,5)12-20;/h7-12H2,1-6H3,(H,17,18)(H,19,21);1H. The first-order valence-electron chi connectivity index (χ1n) is 8.19. The summed E-state index contributed by atoms with van der Waals surface area (Å²) in [4.78, 5) is 18.2. The number of nitrogens with zero attached hydrogens (tertiary/aromatic N) is 2. The van der Waals surface area contributed by atoms with Gasteiger partial charge in [-0.15, -0.1) is 24.0 Å². The molecule has 0 radical (unpaired) electrons. The molecule has 0 atom stereocenters. The Hall–Kier alpha value is -0.380. The van der Waals surface area contributed by atoms with E-state index in [9.17, 15) is 4.79 Å². The summed E-state index contributed by atoms with van der Waals surface area (Å²) >= 11 is 2.01. The number of carbonyl (C=O) groups is 1. The number of guanidine groups is 1. The molecule has 1 amide bonds. The fourth-order valence-electron chi connectivity index (χ4n) is 2.32. The highest BCUT2D eigenvalue weighted by molar-refractivity contribution is 14.0. The molecule has 24 heavy (non-hydrogen) atoms. The van der Waals surface area contributed by atoms with E-state index < -0.39 is 5.60 Å². The van der Waals surface area contributed by atoms with Crippen LogP contribution in [0.3, 0.4) is 0 Å². The lowest BCUT2D eigenvalue weighted by atomic mass is 10.2. The second kappa shape index (κ2) is 10.6. The molecule has 0 aromatic carbocycles. The summed E-state index contributed by atoms with van der Waals surface area (Å²) in [6.07, 6.45) is 0.459. The van der Waals surface area contributed by atoms with E-state index in [-0.39, 0.29) is 34.8 Å². The number of amides is 1. The van der Waals surface area contributed by atoms with E-state index in [4.69, 9.17) is 4.74 Å². The Morgan fingerprint density at radius 1 is 1.29 bits per heavy atom. The van der Waals surface area contributed by atoms with Gasteiger partial charge in [0.25, 0.3) is 0 Å². The Labute approximate surface area is 168 Å². The largest absolute Gasteiger partial charge is 0.444 e. The maximum atomic E-state index is 11.5. The summed E-state index contributed by atoms with van der Waals surface area (Å²) in [5.74, 6) is 2.06. The Kier molecular flexibility index (Phi) is 10.4. The second-order valence-electron chi connectivity index (χ2n) is 7.29. The van der Waals surface area contributed by atoms with Crippen molar-refractivity contribution in [1.29, 1.82) is 0 Å². The van der Waals surface area contributed by atoms with Crippen molar-refractivity contribution in [1.82, 2.24) is 15.5 Å². The number of hydrogen-bond acceptors (Lipinski definition) is 4. The van der Waals surface area contributed by atoms with Gasteiger partial charge >= 0.3 is 6.09 Å². The van der Waals surface area contributed by atoms with Crippen molar-refractivity contribution in [3.05, 3.63) is 0 Å². The Balaban J connectivity index is 0.00000529. The van der Waals surface area contributed by atoms with Crippen molar-refractivity contribution >= 4 is 47.8 Å². The summed E-state index contributed by atoms with van der Waals surface area (Å²) in [5.41, 5.74) is -0.455. The minimum absolute atomic E-state index is 0. The fraction of sp³-hybridized carbons (Fsp3) is 0.875. The van der Waals surface area contributed by atoms with Crippen LogP contribution in [-0.2, 0) is 4.74 Å². The van der Waals surface area contributed by atoms with E-state index in [0.29, 0.717) is 6.54 Å². The van der Waals surface area contributed by atoms with Crippen molar-refractivity contribution in [3.8, 4) is 0 Å². The SMILES string of the molecule is CN=C(NCCCNC(=O)OC(C)(C)C)N1CCSC(C)(C)C1.I. The topological polar surface area (TPSA) is 66.0 Å². The summed E-state index contributed by atoms with van der Waals surface area (Å²) < 4.78 is 5.46. The molecule has 1 aliphatic heterocycles. The zero-order valence-corrected chi connectivity index (χ0v) is 18.9. The molecule has 1 saturated heterocycles. The lowest BCUT2D eigenvalue weighted by Gasteiger charge is -2.39. The monoisotopic (exact) mass is 472 g/mol. The van der Waals surface area contributed by atoms with Gasteiger partial charge in [0.05, 0.1) is 0 Å². The van der Waals surface area contributed by atoms with Crippen LogP contribution < -0.4 is 10.6 Å². The number of aliphatic imine (C=N–C) groups is 1. The van der Waals surface area contributed by atoms with Crippen molar-refractivity contribution < 1.29 is 9.53 Å². The number of hydrogen-bond donors (Lipinski definition) is 2. The number of thioether (sulfide) groups is 1. The quantitative estimate of drug-likeness (QED) is 0.285. The molecule has 0 aromatic rings. The number of ether oxygens (including phenoxy) is 1. The fourth-order valence-corrected chi connectivity index (χ4v) is 3.43. The lowest BCUT2D eigenvalue weighted by Crippen LogP contribution is -2.51. The highest BCUT2D eigenvalue weighted by Gasteiger charge is 2.28. The van der Waals surface area contributed by atoms with Gasteiger partial charge in [0.2, 0.25) is 0 Å². The normalized spacial score (nSPS) is 17.8. The molecule has 2 N–H and O–H groups in total. The molecule has 0 spiro atoms. The van der Waals surface area contributed by atoms with Crippen LogP contribution in [0.5, 0.6) is 0 Å². The van der Waals surface area contributed by atoms with Crippen LogP contribution in [-0.4, -0.2) is 66.3 Å². The molecular weight excluding hydrogens is 439 g/mol. The lowest BCUT2D eigenvalue weighted by molar-refractivity contribution is 0.0527. The number of carbonyl (C=O) groups excluding carboxylic acids is 1. The van der Waals surface area contributed by atoms with Crippen LogP contribution in [0.15, 0.2) is 4.99 Å². The molecule has 8 heteroatoms. The summed E-state index contributed by atoms with van der Waals surface area (Å²) in [7, 11) is 1.82. The minimum Gasteiger partial charge on any atom is -0.444 e. The minimum atomic E-state index is -0.455. The maximum absolute atomic E-state index is 11.5. The van der Waals surface area contributed by atoms with Crippen LogP contribution >= 0.6 is 35.7 Å². The molecule has 0 bridgehead atoms. The summed E-state index contributed by atoms with van der Waals surface area (Å²) in [5, 5.41) is 6.14.